The van der Waals surface area contributed by atoms with Gasteiger partial charge >= 0.3 is 0 Å². The molecule has 0 spiro atoms. The molecule has 0 aliphatic rings. The highest BCUT2D eigenvalue weighted by molar-refractivity contribution is 9.10. The average molecular weight is 236 g/mol. The molecule has 0 atom stereocenters. The first-order valence-electron chi connectivity index (χ1n) is 3.85. The van der Waals surface area contributed by atoms with Crippen molar-refractivity contribution in [3.8, 4) is 6.07 Å². The Kier molecular flexibility index (Phi) is 2.07. The SMILES string of the molecule is N#CCc1cc2c(Br)cccc2o1. The number of furan rings is 1. The van der Waals surface area contributed by atoms with E-state index in [0.29, 0.717) is 12.2 Å². The molecule has 0 amide bonds. The van der Waals surface area contributed by atoms with E-state index in [0.717, 1.165) is 15.4 Å². The molecule has 0 unspecified atom stereocenters. The van der Waals surface area contributed by atoms with Gasteiger partial charge in [-0.05, 0) is 18.2 Å². The van der Waals surface area contributed by atoms with Crippen molar-refractivity contribution in [2.75, 3.05) is 0 Å². The van der Waals surface area contributed by atoms with Gasteiger partial charge in [-0.15, -0.1) is 0 Å². The predicted molar refractivity (Wildman–Crippen MR) is 53.2 cm³/mol. The minimum absolute atomic E-state index is 0.321. The van der Waals surface area contributed by atoms with Crippen LogP contribution in [0.2, 0.25) is 0 Å². The summed E-state index contributed by atoms with van der Waals surface area (Å²) in [6.45, 7) is 0. The molecule has 0 N–H and O–H groups in total. The first kappa shape index (κ1) is 8.33. The van der Waals surface area contributed by atoms with Crippen molar-refractivity contribution in [1.82, 2.24) is 0 Å². The van der Waals surface area contributed by atoms with E-state index in [1.807, 2.05) is 24.3 Å². The average Bonchev–Trinajstić information content (AvgIpc) is 2.49. The summed E-state index contributed by atoms with van der Waals surface area (Å²) in [6, 6.07) is 9.70. The molecule has 0 saturated heterocycles. The molecule has 0 aliphatic carbocycles. The Balaban J connectivity index is 2.63. The van der Waals surface area contributed by atoms with Gasteiger partial charge in [0.05, 0.1) is 12.5 Å². The minimum Gasteiger partial charge on any atom is -0.460 e. The van der Waals surface area contributed by atoms with E-state index in [1.54, 1.807) is 0 Å². The van der Waals surface area contributed by atoms with Gasteiger partial charge in [-0.3, -0.25) is 0 Å². The van der Waals surface area contributed by atoms with Gasteiger partial charge in [0.1, 0.15) is 11.3 Å². The smallest absolute Gasteiger partial charge is 0.135 e. The Morgan fingerprint density at radius 2 is 2.31 bits per heavy atom. The van der Waals surface area contributed by atoms with Crippen LogP contribution in [0.5, 0.6) is 0 Å². The van der Waals surface area contributed by atoms with E-state index in [9.17, 15) is 0 Å². The summed E-state index contributed by atoms with van der Waals surface area (Å²) in [5.41, 5.74) is 0.819. The van der Waals surface area contributed by atoms with Gasteiger partial charge in [-0.1, -0.05) is 22.0 Å². The number of rotatable bonds is 1. The second kappa shape index (κ2) is 3.23. The van der Waals surface area contributed by atoms with Gasteiger partial charge in [0.15, 0.2) is 0 Å². The molecular weight excluding hydrogens is 230 g/mol. The van der Waals surface area contributed by atoms with Crippen molar-refractivity contribution >= 4 is 26.9 Å². The van der Waals surface area contributed by atoms with Gasteiger partial charge in [-0.2, -0.15) is 5.26 Å². The van der Waals surface area contributed by atoms with E-state index in [1.165, 1.54) is 0 Å². The third-order valence-corrected chi connectivity index (χ3v) is 2.50. The summed E-state index contributed by atoms with van der Waals surface area (Å²) in [4.78, 5) is 0. The van der Waals surface area contributed by atoms with Crippen molar-refractivity contribution in [3.63, 3.8) is 0 Å². The number of nitrogens with zero attached hydrogens (tertiary/aromatic N) is 1. The number of halogens is 1. The summed E-state index contributed by atoms with van der Waals surface area (Å²) in [7, 11) is 0. The molecule has 1 aromatic carbocycles. The monoisotopic (exact) mass is 235 g/mol. The number of hydrogen-bond donors (Lipinski definition) is 0. The summed E-state index contributed by atoms with van der Waals surface area (Å²) in [5.74, 6) is 0.712. The summed E-state index contributed by atoms with van der Waals surface area (Å²) in [5, 5.41) is 9.51. The molecule has 13 heavy (non-hydrogen) atoms. The van der Waals surface area contributed by atoms with Crippen LogP contribution in [0.15, 0.2) is 33.2 Å². The molecule has 0 radical (unpaired) electrons. The lowest BCUT2D eigenvalue weighted by Crippen LogP contribution is -1.71. The fraction of sp³-hybridized carbons (Fsp3) is 0.100. The first-order chi connectivity index (χ1) is 6.31. The van der Waals surface area contributed by atoms with Crippen molar-refractivity contribution < 1.29 is 4.42 Å². The van der Waals surface area contributed by atoms with Crippen molar-refractivity contribution in [3.05, 3.63) is 34.5 Å². The Bertz CT molecular complexity index is 481. The van der Waals surface area contributed by atoms with Crippen LogP contribution in [0, 0.1) is 11.3 Å². The number of nitriles is 1. The zero-order valence-corrected chi connectivity index (χ0v) is 8.34. The van der Waals surface area contributed by atoms with E-state index in [4.69, 9.17) is 9.68 Å². The van der Waals surface area contributed by atoms with Gasteiger partial charge in [0.25, 0.3) is 0 Å². The van der Waals surface area contributed by atoms with Crippen LogP contribution in [-0.2, 0) is 6.42 Å². The highest BCUT2D eigenvalue weighted by Crippen LogP contribution is 2.26. The second-order valence-electron chi connectivity index (χ2n) is 2.70. The molecule has 0 fully saturated rings. The lowest BCUT2D eigenvalue weighted by Gasteiger charge is -1.88. The third kappa shape index (κ3) is 1.45. The van der Waals surface area contributed by atoms with Gasteiger partial charge in [0.2, 0.25) is 0 Å². The van der Waals surface area contributed by atoms with Crippen LogP contribution >= 0.6 is 15.9 Å². The maximum absolute atomic E-state index is 8.49. The molecule has 1 aromatic heterocycles. The fourth-order valence-electron chi connectivity index (χ4n) is 1.24. The second-order valence-corrected chi connectivity index (χ2v) is 3.55. The summed E-state index contributed by atoms with van der Waals surface area (Å²) < 4.78 is 6.43. The van der Waals surface area contributed by atoms with Crippen molar-refractivity contribution in [2.45, 2.75) is 6.42 Å². The lowest BCUT2D eigenvalue weighted by atomic mass is 10.2. The zero-order valence-electron chi connectivity index (χ0n) is 6.75. The van der Waals surface area contributed by atoms with E-state index >= 15 is 0 Å². The molecule has 2 nitrogen and oxygen atoms in total. The summed E-state index contributed by atoms with van der Waals surface area (Å²) in [6.07, 6.45) is 0.321. The zero-order chi connectivity index (χ0) is 9.26. The molecule has 0 aliphatic heterocycles. The lowest BCUT2D eigenvalue weighted by molar-refractivity contribution is 0.567. The topological polar surface area (TPSA) is 36.9 Å². The molecule has 3 heteroatoms. The number of hydrogen-bond acceptors (Lipinski definition) is 2. The molecular formula is C10H6BrNO. The molecule has 1 heterocycles. The number of fused-ring (bicyclic) bond motifs is 1. The molecule has 64 valence electrons. The van der Waals surface area contributed by atoms with Crippen molar-refractivity contribution in [2.24, 2.45) is 0 Å². The fourth-order valence-corrected chi connectivity index (χ4v) is 1.71. The Morgan fingerprint density at radius 1 is 1.46 bits per heavy atom. The molecule has 0 saturated carbocycles. The van der Waals surface area contributed by atoms with Crippen LogP contribution in [0.3, 0.4) is 0 Å². The van der Waals surface area contributed by atoms with Crippen LogP contribution < -0.4 is 0 Å². The maximum Gasteiger partial charge on any atom is 0.135 e. The largest absolute Gasteiger partial charge is 0.460 e. The standard InChI is InChI=1S/C10H6BrNO/c11-9-2-1-3-10-8(9)6-7(13-10)4-5-12/h1-3,6H,4H2. The van der Waals surface area contributed by atoms with Crippen LogP contribution in [0.1, 0.15) is 5.76 Å². The van der Waals surface area contributed by atoms with E-state index in [-0.39, 0.29) is 0 Å². The first-order valence-corrected chi connectivity index (χ1v) is 4.64. The van der Waals surface area contributed by atoms with Gasteiger partial charge < -0.3 is 4.42 Å². The molecule has 0 bridgehead atoms. The molecule has 2 rings (SSSR count). The normalized spacial score (nSPS) is 10.2. The van der Waals surface area contributed by atoms with Crippen LogP contribution in [0.4, 0.5) is 0 Å². The maximum atomic E-state index is 8.49. The van der Waals surface area contributed by atoms with Crippen molar-refractivity contribution in [1.29, 1.82) is 5.26 Å². The quantitative estimate of drug-likeness (QED) is 0.761. The van der Waals surface area contributed by atoms with Crippen LogP contribution in [0.25, 0.3) is 11.0 Å². The molecule has 2 aromatic rings. The highest BCUT2D eigenvalue weighted by atomic mass is 79.9. The third-order valence-electron chi connectivity index (χ3n) is 1.81. The highest BCUT2D eigenvalue weighted by Gasteiger charge is 2.04. The van der Waals surface area contributed by atoms with E-state index < -0.39 is 0 Å². The predicted octanol–water partition coefficient (Wildman–Crippen LogP) is 3.26. The van der Waals surface area contributed by atoms with Crippen LogP contribution in [-0.4, -0.2) is 0 Å². The van der Waals surface area contributed by atoms with E-state index in [2.05, 4.69) is 22.0 Å². The summed E-state index contributed by atoms with van der Waals surface area (Å²) >= 11 is 3.42. The minimum atomic E-state index is 0.321. The Morgan fingerprint density at radius 3 is 3.00 bits per heavy atom. The van der Waals surface area contributed by atoms with Gasteiger partial charge in [0, 0.05) is 9.86 Å². The Labute approximate surface area is 83.9 Å². The number of benzene rings is 1. The van der Waals surface area contributed by atoms with Gasteiger partial charge in [-0.25, -0.2) is 0 Å². The Hall–Kier alpha value is -1.27.